The number of anilines is 2. The van der Waals surface area contributed by atoms with Gasteiger partial charge in [-0.05, 0) is 49.6 Å². The van der Waals surface area contributed by atoms with E-state index in [2.05, 4.69) is 21.8 Å². The number of rotatable bonds is 4. The minimum atomic E-state index is -0.712. The van der Waals surface area contributed by atoms with Gasteiger partial charge in [0.1, 0.15) is 22.9 Å². The van der Waals surface area contributed by atoms with Crippen LogP contribution in [0.2, 0.25) is 10.0 Å². The Hall–Kier alpha value is -4.15. The van der Waals surface area contributed by atoms with E-state index in [-0.39, 0.29) is 62.2 Å². The Morgan fingerprint density at radius 1 is 1.23 bits per heavy atom. The van der Waals surface area contributed by atoms with Gasteiger partial charge in [-0.15, -0.1) is 0 Å². The topological polar surface area (TPSA) is 104 Å². The summed E-state index contributed by atoms with van der Waals surface area (Å²) < 4.78 is 17.7. The SMILES string of the molecule is C=CC(=O)N1CC2CNc3c(c4cc(F)c(-c5cc(O)cc(Cl)c5Cl)nc4n(-c4c(C)ccnc4C(C)C)c3=O)N2CC1C. The van der Waals surface area contributed by atoms with Gasteiger partial charge in [-0.1, -0.05) is 43.6 Å². The molecule has 2 aliphatic rings. The highest BCUT2D eigenvalue weighted by molar-refractivity contribution is 6.43. The Labute approximate surface area is 263 Å². The molecule has 0 spiro atoms. The third-order valence-electron chi connectivity index (χ3n) is 8.37. The molecule has 1 saturated heterocycles. The maximum Gasteiger partial charge on any atom is 0.282 e. The smallest absolute Gasteiger partial charge is 0.282 e. The lowest BCUT2D eigenvalue weighted by atomic mass is 9.99. The van der Waals surface area contributed by atoms with Crippen LogP contribution >= 0.6 is 23.2 Å². The van der Waals surface area contributed by atoms with E-state index in [0.29, 0.717) is 47.8 Å². The van der Waals surface area contributed by atoms with E-state index in [9.17, 15) is 14.7 Å². The van der Waals surface area contributed by atoms with Crippen LogP contribution in [0.15, 0.2) is 47.9 Å². The van der Waals surface area contributed by atoms with Crippen LogP contribution in [-0.4, -0.2) is 62.2 Å². The molecule has 12 heteroatoms. The predicted molar refractivity (Wildman–Crippen MR) is 172 cm³/mol. The van der Waals surface area contributed by atoms with Crippen molar-refractivity contribution in [2.24, 2.45) is 0 Å². The van der Waals surface area contributed by atoms with Crippen molar-refractivity contribution in [3.05, 3.63) is 80.6 Å². The number of carbonyl (C=O) groups is 1. The summed E-state index contributed by atoms with van der Waals surface area (Å²) in [6, 6.07) is 5.33. The van der Waals surface area contributed by atoms with Crippen molar-refractivity contribution in [1.29, 1.82) is 0 Å². The summed E-state index contributed by atoms with van der Waals surface area (Å²) in [5, 5.41) is 14.0. The van der Waals surface area contributed by atoms with Crippen LogP contribution in [0.1, 0.15) is 37.9 Å². The van der Waals surface area contributed by atoms with Gasteiger partial charge in [-0.3, -0.25) is 19.1 Å². The molecule has 2 aliphatic heterocycles. The largest absolute Gasteiger partial charge is 0.508 e. The van der Waals surface area contributed by atoms with Crippen molar-refractivity contribution >= 4 is 51.5 Å². The molecule has 1 fully saturated rings. The fourth-order valence-electron chi connectivity index (χ4n) is 6.28. The summed E-state index contributed by atoms with van der Waals surface area (Å²) in [5.74, 6) is -1.14. The average Bonchev–Trinajstić information content (AvgIpc) is 2.98. The van der Waals surface area contributed by atoms with E-state index in [4.69, 9.17) is 28.2 Å². The highest BCUT2D eigenvalue weighted by atomic mass is 35.5. The average molecular weight is 638 g/mol. The van der Waals surface area contributed by atoms with Gasteiger partial charge in [-0.2, -0.15) is 0 Å². The summed E-state index contributed by atoms with van der Waals surface area (Å²) in [7, 11) is 0. The van der Waals surface area contributed by atoms with Gasteiger partial charge < -0.3 is 20.2 Å². The van der Waals surface area contributed by atoms with Gasteiger partial charge in [0, 0.05) is 48.9 Å². The van der Waals surface area contributed by atoms with Gasteiger partial charge in [0.15, 0.2) is 5.65 Å². The standard InChI is InChI=1S/C32H31Cl2FN6O3/c1-6-24(43)39-14-18-12-37-28-30(40(18)13-17(39)5)21-11-23(35)27(20-9-19(42)10-22(33)25(20)34)38-31(21)41(32(28)44)29-16(4)7-8-36-26(29)15(2)3/h6-11,15,17-18,37,42H,1,12-14H2,2-5H3. The maximum absolute atomic E-state index is 16.2. The monoisotopic (exact) mass is 636 g/mol. The molecule has 228 valence electrons. The molecule has 0 saturated carbocycles. The molecule has 2 unspecified atom stereocenters. The summed E-state index contributed by atoms with van der Waals surface area (Å²) in [6.07, 6.45) is 2.99. The molecule has 4 aromatic rings. The molecule has 44 heavy (non-hydrogen) atoms. The Bertz CT molecular complexity index is 1930. The Kier molecular flexibility index (Phi) is 7.53. The Morgan fingerprint density at radius 2 is 1.98 bits per heavy atom. The van der Waals surface area contributed by atoms with Crippen LogP contribution in [-0.2, 0) is 4.79 Å². The fraction of sp³-hybridized carbons (Fsp3) is 0.312. The number of benzene rings is 1. The molecule has 3 aromatic heterocycles. The Balaban J connectivity index is 1.70. The van der Waals surface area contributed by atoms with E-state index < -0.39 is 5.82 Å². The number of piperazine rings is 1. The Morgan fingerprint density at radius 3 is 2.68 bits per heavy atom. The number of aryl methyl sites for hydroxylation is 1. The minimum absolute atomic E-state index is 0.0149. The number of amides is 1. The minimum Gasteiger partial charge on any atom is -0.508 e. The maximum atomic E-state index is 16.2. The lowest BCUT2D eigenvalue weighted by molar-refractivity contribution is -0.128. The van der Waals surface area contributed by atoms with Crippen molar-refractivity contribution in [2.75, 3.05) is 29.9 Å². The quantitative estimate of drug-likeness (QED) is 0.263. The van der Waals surface area contributed by atoms with E-state index in [1.54, 1.807) is 11.1 Å². The third kappa shape index (κ3) is 4.68. The fourth-order valence-corrected chi connectivity index (χ4v) is 6.70. The number of hydrogen-bond acceptors (Lipinski definition) is 7. The number of nitrogens with one attached hydrogen (secondary N) is 1. The molecule has 2 atom stereocenters. The summed E-state index contributed by atoms with van der Waals surface area (Å²) in [6.45, 7) is 12.6. The molecule has 2 N–H and O–H groups in total. The zero-order valence-electron chi connectivity index (χ0n) is 24.7. The number of fused-ring (bicyclic) bond motifs is 5. The predicted octanol–water partition coefficient (Wildman–Crippen LogP) is 6.05. The second kappa shape index (κ2) is 11.1. The highest BCUT2D eigenvalue weighted by Gasteiger charge is 2.39. The second-order valence-electron chi connectivity index (χ2n) is 11.6. The van der Waals surface area contributed by atoms with Crippen molar-refractivity contribution in [3.63, 3.8) is 0 Å². The van der Waals surface area contributed by atoms with Crippen LogP contribution in [0.25, 0.3) is 28.0 Å². The molecule has 0 bridgehead atoms. The van der Waals surface area contributed by atoms with Gasteiger partial charge in [0.05, 0.1) is 33.2 Å². The van der Waals surface area contributed by atoms with Gasteiger partial charge >= 0.3 is 0 Å². The number of pyridine rings is 3. The van der Waals surface area contributed by atoms with Gasteiger partial charge in [0.25, 0.3) is 5.56 Å². The number of halogens is 3. The molecular weight excluding hydrogens is 606 g/mol. The zero-order valence-corrected chi connectivity index (χ0v) is 26.2. The van der Waals surface area contributed by atoms with Crippen molar-refractivity contribution in [2.45, 2.75) is 45.7 Å². The third-order valence-corrected chi connectivity index (χ3v) is 9.17. The molecule has 9 nitrogen and oxygen atoms in total. The first-order chi connectivity index (χ1) is 20.9. The van der Waals surface area contributed by atoms with E-state index in [1.165, 1.54) is 28.8 Å². The second-order valence-corrected chi connectivity index (χ2v) is 12.4. The number of nitrogens with zero attached hydrogens (tertiary/aromatic N) is 5. The number of phenolic OH excluding ortho intramolecular Hbond substituents is 1. The normalized spacial score (nSPS) is 17.8. The lowest BCUT2D eigenvalue weighted by Gasteiger charge is -2.49. The van der Waals surface area contributed by atoms with Gasteiger partial charge in [0.2, 0.25) is 5.91 Å². The molecule has 1 amide bonds. The first-order valence-corrected chi connectivity index (χ1v) is 15.1. The highest BCUT2D eigenvalue weighted by Crippen LogP contribution is 2.43. The van der Waals surface area contributed by atoms with Crippen LogP contribution in [0.4, 0.5) is 15.8 Å². The van der Waals surface area contributed by atoms with E-state index >= 15 is 4.39 Å². The molecule has 6 rings (SSSR count). The molecule has 0 aliphatic carbocycles. The molecule has 1 aromatic carbocycles. The summed E-state index contributed by atoms with van der Waals surface area (Å²) >= 11 is 12.7. The van der Waals surface area contributed by atoms with Crippen LogP contribution in [0, 0.1) is 12.7 Å². The van der Waals surface area contributed by atoms with Crippen LogP contribution in [0.5, 0.6) is 5.75 Å². The number of aromatic nitrogens is 3. The van der Waals surface area contributed by atoms with E-state index in [0.717, 1.165) is 5.56 Å². The first-order valence-electron chi connectivity index (χ1n) is 14.3. The molecule has 5 heterocycles. The lowest BCUT2D eigenvalue weighted by Crippen LogP contribution is -2.62. The van der Waals surface area contributed by atoms with E-state index in [1.807, 2.05) is 33.8 Å². The number of hydrogen-bond donors (Lipinski definition) is 2. The summed E-state index contributed by atoms with van der Waals surface area (Å²) in [5.41, 5.74) is 2.59. The molecule has 0 radical (unpaired) electrons. The number of aromatic hydroxyl groups is 1. The van der Waals surface area contributed by atoms with Crippen LogP contribution < -0.4 is 15.8 Å². The molecular formula is C32H31Cl2FN6O3. The zero-order chi connectivity index (χ0) is 31.6. The van der Waals surface area contributed by atoms with Crippen LogP contribution in [0.3, 0.4) is 0 Å². The van der Waals surface area contributed by atoms with Crippen molar-refractivity contribution in [3.8, 4) is 22.7 Å². The summed E-state index contributed by atoms with van der Waals surface area (Å²) in [4.78, 5) is 40.4. The first kappa shape index (κ1) is 29.9. The van der Waals surface area contributed by atoms with Crippen molar-refractivity contribution in [1.82, 2.24) is 19.4 Å². The number of carbonyl (C=O) groups excluding carboxylic acids is 1. The van der Waals surface area contributed by atoms with Gasteiger partial charge in [-0.25, -0.2) is 9.37 Å². The number of phenols is 1. The van der Waals surface area contributed by atoms with Crippen molar-refractivity contribution < 1.29 is 14.3 Å².